The van der Waals surface area contributed by atoms with Crippen molar-refractivity contribution >= 4 is 22.4 Å². The Balaban J connectivity index is 1.48. The van der Waals surface area contributed by atoms with Crippen molar-refractivity contribution in [1.29, 1.82) is 0 Å². The molecule has 1 aromatic heterocycles. The van der Waals surface area contributed by atoms with Gasteiger partial charge >= 0.3 is 0 Å². The zero-order valence-corrected chi connectivity index (χ0v) is 16.1. The molecule has 1 N–H and O–H groups in total. The molecule has 0 aliphatic carbocycles. The maximum absolute atomic E-state index is 13.1. The van der Waals surface area contributed by atoms with Crippen LogP contribution in [0.5, 0.6) is 5.75 Å². The van der Waals surface area contributed by atoms with Gasteiger partial charge in [-0.05, 0) is 56.7 Å². The number of aryl methyl sites for hydroxylation is 2. The molecule has 0 bridgehead atoms. The fourth-order valence-electron chi connectivity index (χ4n) is 2.56. The highest BCUT2D eigenvalue weighted by Gasteiger charge is 2.12. The minimum Gasteiger partial charge on any atom is -0.494 e. The molecule has 0 saturated heterocycles. The van der Waals surface area contributed by atoms with Crippen molar-refractivity contribution in [3.8, 4) is 17.0 Å². The molecule has 0 spiro atoms. The number of nitrogens with one attached hydrogen (secondary N) is 1. The van der Waals surface area contributed by atoms with E-state index >= 15 is 0 Å². The highest BCUT2D eigenvalue weighted by molar-refractivity contribution is 7.16. The van der Waals surface area contributed by atoms with Crippen LogP contribution in [0.1, 0.15) is 23.3 Å². The summed E-state index contributed by atoms with van der Waals surface area (Å²) >= 11 is 1.41. The van der Waals surface area contributed by atoms with Crippen molar-refractivity contribution in [3.05, 3.63) is 64.8 Å². The van der Waals surface area contributed by atoms with E-state index in [2.05, 4.69) is 10.3 Å². The maximum atomic E-state index is 13.1. The van der Waals surface area contributed by atoms with Gasteiger partial charge in [0.2, 0.25) is 5.91 Å². The number of amides is 1. The van der Waals surface area contributed by atoms with Crippen LogP contribution in [0.3, 0.4) is 0 Å². The summed E-state index contributed by atoms with van der Waals surface area (Å²) in [5.74, 6) is 0.426. The number of hydrogen-bond donors (Lipinski definition) is 1. The minimum absolute atomic E-state index is 0.0955. The van der Waals surface area contributed by atoms with Crippen molar-refractivity contribution in [1.82, 2.24) is 4.98 Å². The molecule has 0 unspecified atom stereocenters. The number of hydrogen-bond acceptors (Lipinski definition) is 4. The lowest BCUT2D eigenvalue weighted by atomic mass is 10.1. The number of halogens is 1. The van der Waals surface area contributed by atoms with E-state index in [9.17, 15) is 9.18 Å². The zero-order valence-electron chi connectivity index (χ0n) is 15.3. The summed E-state index contributed by atoms with van der Waals surface area (Å²) in [5.41, 5.74) is 2.77. The summed E-state index contributed by atoms with van der Waals surface area (Å²) in [5, 5.41) is 3.38. The van der Waals surface area contributed by atoms with Crippen molar-refractivity contribution in [2.24, 2.45) is 0 Å². The predicted octanol–water partition coefficient (Wildman–Crippen LogP) is 5.36. The summed E-state index contributed by atoms with van der Waals surface area (Å²) in [7, 11) is 0. The van der Waals surface area contributed by atoms with E-state index < -0.39 is 0 Å². The topological polar surface area (TPSA) is 51.2 Å². The molecule has 0 fully saturated rings. The van der Waals surface area contributed by atoms with E-state index in [4.69, 9.17) is 4.74 Å². The van der Waals surface area contributed by atoms with E-state index in [0.29, 0.717) is 24.6 Å². The second kappa shape index (κ2) is 8.77. The predicted molar refractivity (Wildman–Crippen MR) is 107 cm³/mol. The molecule has 6 heteroatoms. The molecular formula is C21H21FN2O2S. The molecule has 0 aliphatic rings. The van der Waals surface area contributed by atoms with Crippen LogP contribution < -0.4 is 10.1 Å². The van der Waals surface area contributed by atoms with Crippen molar-refractivity contribution in [2.45, 2.75) is 26.7 Å². The average Bonchev–Trinajstić information content (AvgIpc) is 3.01. The van der Waals surface area contributed by atoms with E-state index in [-0.39, 0.29) is 11.7 Å². The Morgan fingerprint density at radius 3 is 2.52 bits per heavy atom. The lowest BCUT2D eigenvalue weighted by molar-refractivity contribution is -0.116. The minimum atomic E-state index is -0.284. The molecule has 0 saturated carbocycles. The number of rotatable bonds is 7. The SMILES string of the molecule is Cc1ccc(OCCCC(=O)Nc2nc(-c3ccc(F)cc3)c(C)s2)cc1. The fourth-order valence-corrected chi connectivity index (χ4v) is 3.42. The highest BCUT2D eigenvalue weighted by atomic mass is 32.1. The number of benzene rings is 2. The molecule has 27 heavy (non-hydrogen) atoms. The second-order valence-corrected chi connectivity index (χ2v) is 7.45. The van der Waals surface area contributed by atoms with Gasteiger partial charge < -0.3 is 10.1 Å². The summed E-state index contributed by atoms with van der Waals surface area (Å²) in [4.78, 5) is 17.6. The van der Waals surface area contributed by atoms with Crippen LogP contribution in [-0.4, -0.2) is 17.5 Å². The van der Waals surface area contributed by atoms with Crippen LogP contribution in [0.4, 0.5) is 9.52 Å². The number of carbonyl (C=O) groups excluding carboxylic acids is 1. The van der Waals surface area contributed by atoms with Gasteiger partial charge in [0.05, 0.1) is 12.3 Å². The number of carbonyl (C=O) groups is 1. The third-order valence-corrected chi connectivity index (χ3v) is 4.88. The first kappa shape index (κ1) is 19.0. The number of nitrogens with zero attached hydrogens (tertiary/aromatic N) is 1. The van der Waals surface area contributed by atoms with E-state index in [1.54, 1.807) is 12.1 Å². The molecule has 3 rings (SSSR count). The smallest absolute Gasteiger partial charge is 0.226 e. The molecule has 2 aromatic carbocycles. The van der Waals surface area contributed by atoms with Gasteiger partial charge in [-0.15, -0.1) is 11.3 Å². The van der Waals surface area contributed by atoms with Crippen LogP contribution in [0, 0.1) is 19.7 Å². The summed E-state index contributed by atoms with van der Waals surface area (Å²) in [6, 6.07) is 14.0. The molecular weight excluding hydrogens is 363 g/mol. The van der Waals surface area contributed by atoms with Crippen LogP contribution in [0.15, 0.2) is 48.5 Å². The first-order valence-corrected chi connectivity index (χ1v) is 9.55. The highest BCUT2D eigenvalue weighted by Crippen LogP contribution is 2.30. The van der Waals surface area contributed by atoms with Crippen LogP contribution in [0.25, 0.3) is 11.3 Å². The molecule has 0 radical (unpaired) electrons. The van der Waals surface area contributed by atoms with E-state index in [1.807, 2.05) is 38.1 Å². The fraction of sp³-hybridized carbons (Fsp3) is 0.238. The molecule has 1 heterocycles. The molecule has 1 amide bonds. The Hall–Kier alpha value is -2.73. The number of anilines is 1. The summed E-state index contributed by atoms with van der Waals surface area (Å²) in [6.45, 7) is 4.44. The first-order valence-electron chi connectivity index (χ1n) is 8.74. The monoisotopic (exact) mass is 384 g/mol. The van der Waals surface area contributed by atoms with Crippen LogP contribution in [-0.2, 0) is 4.79 Å². The third kappa shape index (κ3) is 5.37. The quantitative estimate of drug-likeness (QED) is 0.558. The lowest BCUT2D eigenvalue weighted by Crippen LogP contribution is -2.12. The van der Waals surface area contributed by atoms with E-state index in [1.165, 1.54) is 29.0 Å². The Labute approximate surface area is 162 Å². The van der Waals surface area contributed by atoms with Crippen molar-refractivity contribution in [3.63, 3.8) is 0 Å². The Bertz CT molecular complexity index is 905. The van der Waals surface area contributed by atoms with Gasteiger partial charge in [0.15, 0.2) is 5.13 Å². The van der Waals surface area contributed by atoms with Gasteiger partial charge in [-0.25, -0.2) is 9.37 Å². The molecule has 0 atom stereocenters. The summed E-state index contributed by atoms with van der Waals surface area (Å²) in [6.07, 6.45) is 0.977. The molecule has 140 valence electrons. The van der Waals surface area contributed by atoms with Crippen LogP contribution >= 0.6 is 11.3 Å². The zero-order chi connectivity index (χ0) is 19.2. The van der Waals surface area contributed by atoms with Gasteiger partial charge in [-0.1, -0.05) is 17.7 Å². The first-order chi connectivity index (χ1) is 13.0. The lowest BCUT2D eigenvalue weighted by Gasteiger charge is -2.06. The van der Waals surface area contributed by atoms with Gasteiger partial charge in [0.25, 0.3) is 0 Å². The maximum Gasteiger partial charge on any atom is 0.226 e. The number of aromatic nitrogens is 1. The number of ether oxygens (including phenoxy) is 1. The Morgan fingerprint density at radius 1 is 1.11 bits per heavy atom. The largest absolute Gasteiger partial charge is 0.494 e. The standard InChI is InChI=1S/C21H21FN2O2S/c1-14-5-11-18(12-6-14)26-13-3-4-19(25)23-21-24-20(15(2)27-21)16-7-9-17(22)10-8-16/h5-12H,3-4,13H2,1-2H3,(H,23,24,25). The molecule has 0 aliphatic heterocycles. The van der Waals surface area contributed by atoms with E-state index in [0.717, 1.165) is 21.9 Å². The van der Waals surface area contributed by atoms with Crippen molar-refractivity contribution < 1.29 is 13.9 Å². The Morgan fingerprint density at radius 2 is 1.81 bits per heavy atom. The summed E-state index contributed by atoms with van der Waals surface area (Å²) < 4.78 is 18.7. The van der Waals surface area contributed by atoms with Gasteiger partial charge in [-0.3, -0.25) is 4.79 Å². The van der Waals surface area contributed by atoms with Gasteiger partial charge in [-0.2, -0.15) is 0 Å². The third-order valence-electron chi connectivity index (χ3n) is 4.00. The molecule has 4 nitrogen and oxygen atoms in total. The van der Waals surface area contributed by atoms with Gasteiger partial charge in [0, 0.05) is 16.9 Å². The number of thiazole rings is 1. The molecule has 3 aromatic rings. The Kier molecular flexibility index (Phi) is 6.19. The normalized spacial score (nSPS) is 10.6. The van der Waals surface area contributed by atoms with Gasteiger partial charge in [0.1, 0.15) is 11.6 Å². The second-order valence-electron chi connectivity index (χ2n) is 6.24. The van der Waals surface area contributed by atoms with Crippen LogP contribution in [0.2, 0.25) is 0 Å². The van der Waals surface area contributed by atoms with Crippen molar-refractivity contribution in [2.75, 3.05) is 11.9 Å². The average molecular weight is 384 g/mol.